The van der Waals surface area contributed by atoms with Crippen LogP contribution in [0.15, 0.2) is 30.3 Å². The molecule has 0 spiro atoms. The molecule has 0 fully saturated rings. The SMILES string of the molecule is CC(CS(=O)(=O)NCC(C)(C)CCl)c1ccccc1. The van der Waals surface area contributed by atoms with E-state index in [4.69, 9.17) is 11.6 Å². The van der Waals surface area contributed by atoms with Gasteiger partial charge in [-0.05, 0) is 16.9 Å². The Hall–Kier alpha value is -0.580. The Kier molecular flexibility index (Phi) is 5.83. The van der Waals surface area contributed by atoms with Gasteiger partial charge in [0, 0.05) is 12.4 Å². The summed E-state index contributed by atoms with van der Waals surface area (Å²) in [5.41, 5.74) is 0.800. The molecule has 0 aliphatic heterocycles. The molecule has 0 aromatic heterocycles. The highest BCUT2D eigenvalue weighted by Gasteiger charge is 2.22. The van der Waals surface area contributed by atoms with Gasteiger partial charge >= 0.3 is 0 Å². The highest BCUT2D eigenvalue weighted by atomic mass is 35.5. The molecule has 108 valence electrons. The van der Waals surface area contributed by atoms with Crippen LogP contribution in [-0.4, -0.2) is 26.6 Å². The van der Waals surface area contributed by atoms with Gasteiger partial charge in [-0.3, -0.25) is 0 Å². The molecular weight excluding hydrogens is 282 g/mol. The van der Waals surface area contributed by atoms with E-state index in [9.17, 15) is 8.42 Å². The number of benzene rings is 1. The van der Waals surface area contributed by atoms with Gasteiger partial charge in [0.1, 0.15) is 0 Å². The fourth-order valence-electron chi connectivity index (χ4n) is 1.62. The molecule has 0 radical (unpaired) electrons. The maximum atomic E-state index is 12.0. The van der Waals surface area contributed by atoms with E-state index in [-0.39, 0.29) is 17.1 Å². The lowest BCUT2D eigenvalue weighted by atomic mass is 9.97. The summed E-state index contributed by atoms with van der Waals surface area (Å²) in [6.45, 7) is 6.15. The Bertz CT molecular complexity index is 485. The monoisotopic (exact) mass is 303 g/mol. The van der Waals surface area contributed by atoms with Gasteiger partial charge in [-0.1, -0.05) is 51.1 Å². The molecule has 1 aromatic carbocycles. The molecule has 5 heteroatoms. The fourth-order valence-corrected chi connectivity index (χ4v) is 3.29. The molecule has 1 rings (SSSR count). The number of rotatable bonds is 7. The van der Waals surface area contributed by atoms with Crippen molar-refractivity contribution < 1.29 is 8.42 Å². The third kappa shape index (κ3) is 5.93. The molecular formula is C14H22ClNO2S. The van der Waals surface area contributed by atoms with E-state index in [0.29, 0.717) is 12.4 Å². The Morgan fingerprint density at radius 1 is 1.26 bits per heavy atom. The van der Waals surface area contributed by atoms with Crippen LogP contribution < -0.4 is 4.72 Å². The Balaban J connectivity index is 2.60. The van der Waals surface area contributed by atoms with E-state index >= 15 is 0 Å². The van der Waals surface area contributed by atoms with Crippen LogP contribution in [0.5, 0.6) is 0 Å². The van der Waals surface area contributed by atoms with Crippen molar-refractivity contribution in [2.45, 2.75) is 26.7 Å². The predicted molar refractivity (Wildman–Crippen MR) is 81.1 cm³/mol. The normalized spacial score (nSPS) is 14.3. The standard InChI is InChI=1S/C14H22ClNO2S/c1-12(13-7-5-4-6-8-13)9-19(17,18)16-11-14(2,3)10-15/h4-8,12,16H,9-11H2,1-3H3. The topological polar surface area (TPSA) is 46.2 Å². The highest BCUT2D eigenvalue weighted by molar-refractivity contribution is 7.89. The lowest BCUT2D eigenvalue weighted by molar-refractivity contribution is 0.413. The molecule has 0 aliphatic rings. The lowest BCUT2D eigenvalue weighted by Gasteiger charge is -2.22. The van der Waals surface area contributed by atoms with Gasteiger partial charge in [0.15, 0.2) is 0 Å². The van der Waals surface area contributed by atoms with Crippen molar-refractivity contribution in [3.05, 3.63) is 35.9 Å². The van der Waals surface area contributed by atoms with Crippen LogP contribution in [0.25, 0.3) is 0 Å². The van der Waals surface area contributed by atoms with Gasteiger partial charge in [-0.25, -0.2) is 13.1 Å². The van der Waals surface area contributed by atoms with Gasteiger partial charge in [0.2, 0.25) is 10.0 Å². The number of nitrogens with one attached hydrogen (secondary N) is 1. The summed E-state index contributed by atoms with van der Waals surface area (Å²) in [6.07, 6.45) is 0. The largest absolute Gasteiger partial charge is 0.215 e. The fraction of sp³-hybridized carbons (Fsp3) is 0.571. The van der Waals surface area contributed by atoms with Gasteiger partial charge in [-0.2, -0.15) is 0 Å². The zero-order chi connectivity index (χ0) is 14.5. The average Bonchev–Trinajstić information content (AvgIpc) is 2.37. The maximum absolute atomic E-state index is 12.0. The van der Waals surface area contributed by atoms with Crippen molar-refractivity contribution in [1.82, 2.24) is 4.72 Å². The minimum atomic E-state index is -3.28. The molecule has 0 bridgehead atoms. The second-order valence-electron chi connectivity index (χ2n) is 5.71. The molecule has 0 saturated carbocycles. The highest BCUT2D eigenvalue weighted by Crippen LogP contribution is 2.18. The van der Waals surface area contributed by atoms with Crippen LogP contribution in [0, 0.1) is 5.41 Å². The van der Waals surface area contributed by atoms with Gasteiger partial charge in [0.25, 0.3) is 0 Å². The summed E-state index contributed by atoms with van der Waals surface area (Å²) >= 11 is 5.79. The van der Waals surface area contributed by atoms with Crippen LogP contribution in [0.1, 0.15) is 32.3 Å². The van der Waals surface area contributed by atoms with E-state index in [1.54, 1.807) is 0 Å². The molecule has 1 atom stereocenters. The Morgan fingerprint density at radius 3 is 2.37 bits per heavy atom. The third-order valence-corrected chi connectivity index (χ3v) is 5.22. The number of hydrogen-bond donors (Lipinski definition) is 1. The number of sulfonamides is 1. The molecule has 0 aliphatic carbocycles. The van der Waals surface area contributed by atoms with Gasteiger partial charge < -0.3 is 0 Å². The smallest absolute Gasteiger partial charge is 0.212 e. The molecule has 1 aromatic rings. The van der Waals surface area contributed by atoms with Crippen LogP contribution >= 0.6 is 11.6 Å². The second-order valence-corrected chi connectivity index (χ2v) is 7.83. The van der Waals surface area contributed by atoms with Crippen LogP contribution in [0.2, 0.25) is 0 Å². The summed E-state index contributed by atoms with van der Waals surface area (Å²) in [4.78, 5) is 0. The van der Waals surface area contributed by atoms with E-state index in [0.717, 1.165) is 5.56 Å². The minimum absolute atomic E-state index is 0.0298. The molecule has 0 saturated heterocycles. The van der Waals surface area contributed by atoms with Crippen LogP contribution in [0.4, 0.5) is 0 Å². The van der Waals surface area contributed by atoms with Crippen LogP contribution in [-0.2, 0) is 10.0 Å². The molecule has 1 N–H and O–H groups in total. The Labute approximate surface area is 121 Å². The first-order valence-electron chi connectivity index (χ1n) is 6.34. The zero-order valence-electron chi connectivity index (χ0n) is 11.7. The van der Waals surface area contributed by atoms with E-state index in [1.807, 2.05) is 51.1 Å². The molecule has 19 heavy (non-hydrogen) atoms. The van der Waals surface area contributed by atoms with Crippen molar-refractivity contribution in [1.29, 1.82) is 0 Å². The van der Waals surface area contributed by atoms with Gasteiger partial charge in [0.05, 0.1) is 5.75 Å². The number of alkyl halides is 1. The number of hydrogen-bond acceptors (Lipinski definition) is 2. The first-order chi connectivity index (χ1) is 8.76. The summed E-state index contributed by atoms with van der Waals surface area (Å²) < 4.78 is 26.7. The van der Waals surface area contributed by atoms with Crippen molar-refractivity contribution >= 4 is 21.6 Å². The van der Waals surface area contributed by atoms with Crippen molar-refractivity contribution in [2.24, 2.45) is 5.41 Å². The van der Waals surface area contributed by atoms with E-state index < -0.39 is 10.0 Å². The molecule has 1 unspecified atom stereocenters. The lowest BCUT2D eigenvalue weighted by Crippen LogP contribution is -2.37. The van der Waals surface area contributed by atoms with E-state index in [2.05, 4.69) is 4.72 Å². The summed E-state index contributed by atoms with van der Waals surface area (Å²) in [5, 5.41) is 0. The predicted octanol–water partition coefficient (Wildman–Crippen LogP) is 2.97. The first-order valence-corrected chi connectivity index (χ1v) is 8.53. The Morgan fingerprint density at radius 2 is 1.84 bits per heavy atom. The second kappa shape index (κ2) is 6.73. The van der Waals surface area contributed by atoms with Crippen molar-refractivity contribution in [2.75, 3.05) is 18.2 Å². The summed E-state index contributed by atoms with van der Waals surface area (Å²) in [5.74, 6) is 0.483. The zero-order valence-corrected chi connectivity index (χ0v) is 13.3. The molecule has 0 amide bonds. The summed E-state index contributed by atoms with van der Waals surface area (Å²) in [6, 6.07) is 9.66. The number of halogens is 1. The van der Waals surface area contributed by atoms with Crippen LogP contribution in [0.3, 0.4) is 0 Å². The van der Waals surface area contributed by atoms with E-state index in [1.165, 1.54) is 0 Å². The van der Waals surface area contributed by atoms with Crippen molar-refractivity contribution in [3.8, 4) is 0 Å². The maximum Gasteiger partial charge on any atom is 0.212 e. The minimum Gasteiger partial charge on any atom is -0.215 e. The van der Waals surface area contributed by atoms with Gasteiger partial charge in [-0.15, -0.1) is 11.6 Å². The molecule has 0 heterocycles. The first kappa shape index (κ1) is 16.5. The average molecular weight is 304 g/mol. The quantitative estimate of drug-likeness (QED) is 0.787. The van der Waals surface area contributed by atoms with Crippen molar-refractivity contribution in [3.63, 3.8) is 0 Å². The third-order valence-electron chi connectivity index (χ3n) is 2.97. The molecule has 3 nitrogen and oxygen atoms in total. The summed E-state index contributed by atoms with van der Waals surface area (Å²) in [7, 11) is -3.28.